The van der Waals surface area contributed by atoms with Gasteiger partial charge in [0.15, 0.2) is 5.78 Å². The van der Waals surface area contributed by atoms with Crippen LogP contribution in [0.2, 0.25) is 0 Å². The van der Waals surface area contributed by atoms with E-state index < -0.39 is 0 Å². The molecule has 0 atom stereocenters. The molecule has 2 rings (SSSR count). The van der Waals surface area contributed by atoms with Crippen LogP contribution in [-0.2, 0) is 6.61 Å². The molecule has 0 radical (unpaired) electrons. The van der Waals surface area contributed by atoms with Gasteiger partial charge in [-0.2, -0.15) is 0 Å². The molecule has 3 heteroatoms. The number of rotatable bonds is 6. The lowest BCUT2D eigenvalue weighted by molar-refractivity contribution is 0.0988. The van der Waals surface area contributed by atoms with Crippen molar-refractivity contribution in [3.05, 3.63) is 63.6 Å². The fourth-order valence-corrected chi connectivity index (χ4v) is 2.63. The molecule has 22 heavy (non-hydrogen) atoms. The van der Waals surface area contributed by atoms with Crippen molar-refractivity contribution in [2.24, 2.45) is 0 Å². The van der Waals surface area contributed by atoms with E-state index in [2.05, 4.69) is 35.8 Å². The Labute approximate surface area is 140 Å². The van der Waals surface area contributed by atoms with Crippen LogP contribution in [0.5, 0.6) is 5.75 Å². The highest BCUT2D eigenvalue weighted by molar-refractivity contribution is 9.10. The van der Waals surface area contributed by atoms with E-state index in [1.54, 1.807) is 0 Å². The molecule has 0 saturated carbocycles. The SMILES string of the molecule is CCC(=O)c1ccc(COc2ccc(Br)cc2C(C)C)cc1. The van der Waals surface area contributed by atoms with E-state index in [1.165, 1.54) is 5.56 Å². The molecule has 2 aromatic carbocycles. The first kappa shape index (κ1) is 16.8. The maximum Gasteiger partial charge on any atom is 0.162 e. The standard InChI is InChI=1S/C19H21BrO2/c1-4-18(21)15-7-5-14(6-8-15)12-22-19-10-9-16(20)11-17(19)13(2)3/h5-11,13H,4,12H2,1-3H3. The quantitative estimate of drug-likeness (QED) is 0.613. The third kappa shape index (κ3) is 4.20. The van der Waals surface area contributed by atoms with Crippen molar-refractivity contribution >= 4 is 21.7 Å². The molecule has 0 aromatic heterocycles. The summed E-state index contributed by atoms with van der Waals surface area (Å²) in [4.78, 5) is 11.6. The van der Waals surface area contributed by atoms with Gasteiger partial charge in [-0.3, -0.25) is 4.79 Å². The summed E-state index contributed by atoms with van der Waals surface area (Å²) in [5.41, 5.74) is 3.01. The minimum Gasteiger partial charge on any atom is -0.489 e. The minimum absolute atomic E-state index is 0.169. The van der Waals surface area contributed by atoms with Gasteiger partial charge in [-0.15, -0.1) is 0 Å². The molecular formula is C19H21BrO2. The van der Waals surface area contributed by atoms with Crippen molar-refractivity contribution in [2.75, 3.05) is 0 Å². The molecule has 116 valence electrons. The van der Waals surface area contributed by atoms with Gasteiger partial charge in [-0.1, -0.05) is 61.0 Å². The Morgan fingerprint density at radius 3 is 2.41 bits per heavy atom. The average Bonchev–Trinajstić information content (AvgIpc) is 2.53. The van der Waals surface area contributed by atoms with Crippen molar-refractivity contribution in [1.82, 2.24) is 0 Å². The summed E-state index contributed by atoms with van der Waals surface area (Å²) in [5, 5.41) is 0. The topological polar surface area (TPSA) is 26.3 Å². The van der Waals surface area contributed by atoms with Gasteiger partial charge in [-0.25, -0.2) is 0 Å². The maximum atomic E-state index is 11.6. The van der Waals surface area contributed by atoms with Crippen LogP contribution in [0.3, 0.4) is 0 Å². The highest BCUT2D eigenvalue weighted by Crippen LogP contribution is 2.30. The molecular weight excluding hydrogens is 340 g/mol. The molecule has 0 heterocycles. The summed E-state index contributed by atoms with van der Waals surface area (Å²) >= 11 is 3.50. The summed E-state index contributed by atoms with van der Waals surface area (Å²) in [6.45, 7) is 6.68. The zero-order chi connectivity index (χ0) is 16.1. The Hall–Kier alpha value is -1.61. The van der Waals surface area contributed by atoms with Crippen LogP contribution in [0, 0.1) is 0 Å². The molecule has 0 amide bonds. The van der Waals surface area contributed by atoms with E-state index in [0.717, 1.165) is 21.3 Å². The molecule has 0 aliphatic rings. The van der Waals surface area contributed by atoms with Crippen LogP contribution >= 0.6 is 15.9 Å². The van der Waals surface area contributed by atoms with Crippen LogP contribution in [-0.4, -0.2) is 5.78 Å². The van der Waals surface area contributed by atoms with Gasteiger partial charge < -0.3 is 4.74 Å². The summed E-state index contributed by atoms with van der Waals surface area (Å²) in [6.07, 6.45) is 0.534. The van der Waals surface area contributed by atoms with E-state index in [1.807, 2.05) is 43.3 Å². The molecule has 0 spiro atoms. The lowest BCUT2D eigenvalue weighted by Gasteiger charge is -2.14. The van der Waals surface area contributed by atoms with Gasteiger partial charge in [0.05, 0.1) is 0 Å². The van der Waals surface area contributed by atoms with Gasteiger partial charge in [0, 0.05) is 16.5 Å². The average molecular weight is 361 g/mol. The summed E-state index contributed by atoms with van der Waals surface area (Å²) < 4.78 is 7.02. The number of benzene rings is 2. The Kier molecular flexibility index (Phi) is 5.78. The lowest BCUT2D eigenvalue weighted by Crippen LogP contribution is -2.01. The second-order valence-electron chi connectivity index (χ2n) is 5.60. The Balaban J connectivity index is 2.08. The molecule has 2 aromatic rings. The van der Waals surface area contributed by atoms with Crippen LogP contribution in [0.15, 0.2) is 46.9 Å². The molecule has 0 unspecified atom stereocenters. The first-order valence-corrected chi connectivity index (χ1v) is 8.35. The van der Waals surface area contributed by atoms with E-state index in [9.17, 15) is 4.79 Å². The van der Waals surface area contributed by atoms with Gasteiger partial charge in [0.1, 0.15) is 12.4 Å². The summed E-state index contributed by atoms with van der Waals surface area (Å²) in [5.74, 6) is 1.48. The van der Waals surface area contributed by atoms with E-state index in [4.69, 9.17) is 4.74 Å². The first-order valence-electron chi connectivity index (χ1n) is 7.55. The summed E-state index contributed by atoms with van der Waals surface area (Å²) in [7, 11) is 0. The van der Waals surface area contributed by atoms with Gasteiger partial charge in [-0.05, 0) is 35.2 Å². The Morgan fingerprint density at radius 2 is 1.82 bits per heavy atom. The third-order valence-corrected chi connectivity index (χ3v) is 4.08. The van der Waals surface area contributed by atoms with Crippen LogP contribution < -0.4 is 4.74 Å². The normalized spacial score (nSPS) is 10.8. The highest BCUT2D eigenvalue weighted by atomic mass is 79.9. The Morgan fingerprint density at radius 1 is 1.14 bits per heavy atom. The van der Waals surface area contributed by atoms with Crippen molar-refractivity contribution in [1.29, 1.82) is 0 Å². The lowest BCUT2D eigenvalue weighted by atomic mass is 10.0. The Bertz CT molecular complexity index is 645. The van der Waals surface area contributed by atoms with Gasteiger partial charge in [0.2, 0.25) is 0 Å². The molecule has 0 aliphatic carbocycles. The van der Waals surface area contributed by atoms with E-state index in [-0.39, 0.29) is 5.78 Å². The molecule has 0 fully saturated rings. The van der Waals surface area contributed by atoms with Gasteiger partial charge >= 0.3 is 0 Å². The predicted octanol–water partition coefficient (Wildman–Crippen LogP) is 5.74. The smallest absolute Gasteiger partial charge is 0.162 e. The largest absolute Gasteiger partial charge is 0.489 e. The van der Waals surface area contributed by atoms with Crippen molar-refractivity contribution in [3.63, 3.8) is 0 Å². The van der Waals surface area contributed by atoms with Crippen molar-refractivity contribution in [2.45, 2.75) is 39.7 Å². The minimum atomic E-state index is 0.169. The highest BCUT2D eigenvalue weighted by Gasteiger charge is 2.09. The molecule has 0 bridgehead atoms. The third-order valence-electron chi connectivity index (χ3n) is 3.59. The van der Waals surface area contributed by atoms with Crippen LogP contribution in [0.1, 0.15) is 54.6 Å². The van der Waals surface area contributed by atoms with Crippen LogP contribution in [0.4, 0.5) is 0 Å². The van der Waals surface area contributed by atoms with E-state index in [0.29, 0.717) is 18.9 Å². The fraction of sp³-hybridized carbons (Fsp3) is 0.316. The first-order chi connectivity index (χ1) is 10.5. The van der Waals surface area contributed by atoms with Crippen molar-refractivity contribution in [3.8, 4) is 5.75 Å². The zero-order valence-electron chi connectivity index (χ0n) is 13.2. The molecule has 0 N–H and O–H groups in total. The second kappa shape index (κ2) is 7.59. The number of carbonyl (C=O) groups is 1. The number of Topliss-reactive ketones (excluding diaryl/α,β-unsaturated/α-hetero) is 1. The predicted molar refractivity (Wildman–Crippen MR) is 93.6 cm³/mol. The van der Waals surface area contributed by atoms with Crippen LogP contribution in [0.25, 0.3) is 0 Å². The monoisotopic (exact) mass is 360 g/mol. The number of ether oxygens (including phenoxy) is 1. The molecule has 0 aliphatic heterocycles. The van der Waals surface area contributed by atoms with Gasteiger partial charge in [0.25, 0.3) is 0 Å². The number of ketones is 1. The zero-order valence-corrected chi connectivity index (χ0v) is 14.8. The molecule has 0 saturated heterocycles. The summed E-state index contributed by atoms with van der Waals surface area (Å²) in [6, 6.07) is 13.7. The number of carbonyl (C=O) groups excluding carboxylic acids is 1. The number of halogens is 1. The number of hydrogen-bond donors (Lipinski definition) is 0. The molecule has 2 nitrogen and oxygen atoms in total. The maximum absolute atomic E-state index is 11.6. The van der Waals surface area contributed by atoms with Crippen molar-refractivity contribution < 1.29 is 9.53 Å². The number of hydrogen-bond acceptors (Lipinski definition) is 2. The fourth-order valence-electron chi connectivity index (χ4n) is 2.25. The van der Waals surface area contributed by atoms with E-state index >= 15 is 0 Å². The second-order valence-corrected chi connectivity index (χ2v) is 6.51.